The van der Waals surface area contributed by atoms with Gasteiger partial charge in [-0.3, -0.25) is 4.79 Å². The van der Waals surface area contributed by atoms with Crippen LogP contribution in [0.1, 0.15) is 26.2 Å². The Morgan fingerprint density at radius 1 is 1.56 bits per heavy atom. The number of nitrogens with zero attached hydrogens (tertiary/aromatic N) is 1. The Labute approximate surface area is 115 Å². The number of carbonyl (C=O) groups is 2. The van der Waals surface area contributed by atoms with Gasteiger partial charge in [0.25, 0.3) is 0 Å². The second-order valence-corrected chi connectivity index (χ2v) is 5.76. The zero-order valence-electron chi connectivity index (χ0n) is 10.5. The summed E-state index contributed by atoms with van der Waals surface area (Å²) in [6.07, 6.45) is 1.90. The summed E-state index contributed by atoms with van der Waals surface area (Å²) in [5.41, 5.74) is -0.791. The maximum absolute atomic E-state index is 11.9. The largest absolute Gasteiger partial charge is 0.481 e. The summed E-state index contributed by atoms with van der Waals surface area (Å²) in [6.45, 7) is 6.72. The van der Waals surface area contributed by atoms with Gasteiger partial charge in [-0.2, -0.15) is 0 Å². The summed E-state index contributed by atoms with van der Waals surface area (Å²) < 4.78 is 0.688. The summed E-state index contributed by atoms with van der Waals surface area (Å²) in [5.74, 6) is -0.813. The van der Waals surface area contributed by atoms with E-state index in [9.17, 15) is 14.7 Å². The molecule has 1 heterocycles. The first-order valence-corrected chi connectivity index (χ1v) is 6.80. The molecule has 1 atom stereocenters. The van der Waals surface area contributed by atoms with Gasteiger partial charge in [0.15, 0.2) is 0 Å². The summed E-state index contributed by atoms with van der Waals surface area (Å²) >= 11 is 3.16. The Morgan fingerprint density at radius 2 is 2.22 bits per heavy atom. The predicted octanol–water partition coefficient (Wildman–Crippen LogP) is 2.18. The van der Waals surface area contributed by atoms with E-state index < -0.39 is 11.4 Å². The molecule has 0 aromatic heterocycles. The van der Waals surface area contributed by atoms with Gasteiger partial charge in [0.05, 0.1) is 12.0 Å². The number of likely N-dealkylation sites (tertiary alicyclic amines) is 1. The number of halogens is 1. The maximum Gasteiger partial charge on any atom is 0.317 e. The van der Waals surface area contributed by atoms with E-state index >= 15 is 0 Å². The summed E-state index contributed by atoms with van der Waals surface area (Å²) in [4.78, 5) is 24.8. The zero-order chi connectivity index (χ0) is 13.8. The van der Waals surface area contributed by atoms with Crippen molar-refractivity contribution < 1.29 is 14.7 Å². The number of nitrogens with one attached hydrogen (secondary N) is 1. The molecule has 6 heteroatoms. The average molecular weight is 319 g/mol. The molecule has 1 saturated heterocycles. The number of hydrogen-bond donors (Lipinski definition) is 2. The number of carboxylic acids is 1. The van der Waals surface area contributed by atoms with Gasteiger partial charge in [-0.15, -0.1) is 0 Å². The molecule has 0 spiro atoms. The Kier molecular flexibility index (Phi) is 5.19. The number of piperidine rings is 1. The molecule has 0 saturated carbocycles. The van der Waals surface area contributed by atoms with Crippen LogP contribution in [0.15, 0.2) is 11.1 Å². The predicted molar refractivity (Wildman–Crippen MR) is 72.6 cm³/mol. The minimum atomic E-state index is -0.813. The lowest BCUT2D eigenvalue weighted by Crippen LogP contribution is -2.52. The highest BCUT2D eigenvalue weighted by molar-refractivity contribution is 9.11. The van der Waals surface area contributed by atoms with Gasteiger partial charge in [-0.1, -0.05) is 29.4 Å². The molecule has 18 heavy (non-hydrogen) atoms. The molecule has 0 aromatic rings. The van der Waals surface area contributed by atoms with Crippen molar-refractivity contribution in [3.05, 3.63) is 11.1 Å². The standard InChI is InChI=1S/C12H19BrN2O3/c1-3-12(10(16)17)5-4-6-15(8-12)11(18)14-7-9(2)13/h2-8H2,1H3,(H,14,18)(H,16,17). The van der Waals surface area contributed by atoms with Crippen molar-refractivity contribution >= 4 is 27.9 Å². The van der Waals surface area contributed by atoms with Crippen LogP contribution in [-0.2, 0) is 4.79 Å². The monoisotopic (exact) mass is 318 g/mol. The lowest BCUT2D eigenvalue weighted by atomic mass is 9.78. The van der Waals surface area contributed by atoms with Crippen LogP contribution >= 0.6 is 15.9 Å². The van der Waals surface area contributed by atoms with E-state index in [4.69, 9.17) is 0 Å². The lowest BCUT2D eigenvalue weighted by molar-refractivity contribution is -0.152. The van der Waals surface area contributed by atoms with Gasteiger partial charge in [0, 0.05) is 17.6 Å². The highest BCUT2D eigenvalue weighted by Crippen LogP contribution is 2.33. The van der Waals surface area contributed by atoms with Crippen molar-refractivity contribution in [1.82, 2.24) is 10.2 Å². The van der Waals surface area contributed by atoms with Crippen molar-refractivity contribution in [2.75, 3.05) is 19.6 Å². The molecule has 2 amide bonds. The van der Waals surface area contributed by atoms with Gasteiger partial charge in [0.2, 0.25) is 0 Å². The van der Waals surface area contributed by atoms with Crippen LogP contribution in [-0.4, -0.2) is 41.6 Å². The lowest BCUT2D eigenvalue weighted by Gasteiger charge is -2.39. The molecule has 0 aliphatic carbocycles. The number of urea groups is 1. The van der Waals surface area contributed by atoms with Gasteiger partial charge >= 0.3 is 12.0 Å². The van der Waals surface area contributed by atoms with Gasteiger partial charge < -0.3 is 15.3 Å². The smallest absolute Gasteiger partial charge is 0.317 e. The van der Waals surface area contributed by atoms with Crippen LogP contribution in [0.5, 0.6) is 0 Å². The highest BCUT2D eigenvalue weighted by atomic mass is 79.9. The Hall–Kier alpha value is -1.04. The van der Waals surface area contributed by atoms with Crippen molar-refractivity contribution in [3.8, 4) is 0 Å². The van der Waals surface area contributed by atoms with E-state index in [0.29, 0.717) is 30.4 Å². The molecule has 2 N–H and O–H groups in total. The summed E-state index contributed by atoms with van der Waals surface area (Å²) in [6, 6.07) is -0.227. The second kappa shape index (κ2) is 6.22. The third-order valence-corrected chi connectivity index (χ3v) is 3.71. The molecule has 0 aromatic carbocycles. The minimum Gasteiger partial charge on any atom is -0.481 e. The minimum absolute atomic E-state index is 0.227. The quantitative estimate of drug-likeness (QED) is 0.834. The number of rotatable bonds is 4. The van der Waals surface area contributed by atoms with E-state index in [2.05, 4.69) is 27.8 Å². The fourth-order valence-electron chi connectivity index (χ4n) is 2.20. The van der Waals surface area contributed by atoms with Crippen LogP contribution in [0.2, 0.25) is 0 Å². The molecule has 1 rings (SSSR count). The van der Waals surface area contributed by atoms with E-state index in [0.717, 1.165) is 6.42 Å². The van der Waals surface area contributed by atoms with Gasteiger partial charge in [-0.25, -0.2) is 4.79 Å². The van der Waals surface area contributed by atoms with E-state index in [1.807, 2.05) is 6.92 Å². The first kappa shape index (κ1) is 15.0. The number of aliphatic carboxylic acids is 1. The normalized spacial score (nSPS) is 23.6. The molecule has 0 bridgehead atoms. The molecular weight excluding hydrogens is 300 g/mol. The van der Waals surface area contributed by atoms with Crippen LogP contribution in [0.4, 0.5) is 4.79 Å². The number of carbonyl (C=O) groups excluding carboxylic acids is 1. The Balaban J connectivity index is 2.65. The van der Waals surface area contributed by atoms with Gasteiger partial charge in [0.1, 0.15) is 0 Å². The molecule has 1 fully saturated rings. The molecule has 1 aliphatic heterocycles. The number of amides is 2. The highest BCUT2D eigenvalue weighted by Gasteiger charge is 2.42. The maximum atomic E-state index is 11.9. The fraction of sp³-hybridized carbons (Fsp3) is 0.667. The van der Waals surface area contributed by atoms with Crippen LogP contribution in [0.3, 0.4) is 0 Å². The van der Waals surface area contributed by atoms with Crippen LogP contribution in [0.25, 0.3) is 0 Å². The van der Waals surface area contributed by atoms with Crippen molar-refractivity contribution in [2.24, 2.45) is 5.41 Å². The molecular formula is C12H19BrN2O3. The van der Waals surface area contributed by atoms with Crippen LogP contribution in [0, 0.1) is 5.41 Å². The Bertz CT molecular complexity index is 359. The van der Waals surface area contributed by atoms with E-state index in [-0.39, 0.29) is 12.6 Å². The topological polar surface area (TPSA) is 69.6 Å². The van der Waals surface area contributed by atoms with E-state index in [1.54, 1.807) is 4.90 Å². The summed E-state index contributed by atoms with van der Waals surface area (Å²) in [5, 5.41) is 12.0. The average Bonchev–Trinajstić information content (AvgIpc) is 2.35. The molecule has 1 unspecified atom stereocenters. The fourth-order valence-corrected chi connectivity index (χ4v) is 2.34. The molecule has 1 aliphatic rings. The third kappa shape index (κ3) is 3.48. The first-order chi connectivity index (χ1) is 8.41. The number of hydrogen-bond acceptors (Lipinski definition) is 2. The Morgan fingerprint density at radius 3 is 2.72 bits per heavy atom. The van der Waals surface area contributed by atoms with E-state index in [1.165, 1.54) is 0 Å². The molecule has 5 nitrogen and oxygen atoms in total. The summed E-state index contributed by atoms with van der Waals surface area (Å²) in [7, 11) is 0. The molecule has 102 valence electrons. The van der Waals surface area contributed by atoms with Crippen molar-refractivity contribution in [1.29, 1.82) is 0 Å². The number of carboxylic acid groups (broad SMARTS) is 1. The SMILES string of the molecule is C=C(Br)CNC(=O)N1CCCC(CC)(C(=O)O)C1. The second-order valence-electron chi connectivity index (χ2n) is 4.64. The molecule has 0 radical (unpaired) electrons. The first-order valence-electron chi connectivity index (χ1n) is 6.01. The van der Waals surface area contributed by atoms with Gasteiger partial charge in [-0.05, 0) is 19.3 Å². The third-order valence-electron chi connectivity index (χ3n) is 3.43. The van der Waals surface area contributed by atoms with Crippen molar-refractivity contribution in [3.63, 3.8) is 0 Å². The zero-order valence-corrected chi connectivity index (χ0v) is 12.1. The van der Waals surface area contributed by atoms with Crippen molar-refractivity contribution in [2.45, 2.75) is 26.2 Å². The van der Waals surface area contributed by atoms with Crippen LogP contribution < -0.4 is 5.32 Å².